The van der Waals surface area contributed by atoms with E-state index in [9.17, 15) is 9.59 Å². The van der Waals surface area contributed by atoms with Gasteiger partial charge >= 0.3 is 0 Å². The number of amides is 2. The number of hydrogen-bond acceptors (Lipinski definition) is 7. The summed E-state index contributed by atoms with van der Waals surface area (Å²) in [7, 11) is 3.18. The predicted molar refractivity (Wildman–Crippen MR) is 69.5 cm³/mol. The Morgan fingerprint density at radius 2 is 1.47 bits per heavy atom. The Morgan fingerprint density at radius 1 is 1.06 bits per heavy atom. The van der Waals surface area contributed by atoms with Crippen molar-refractivity contribution in [1.29, 1.82) is 0 Å². The Bertz CT molecular complexity index is 361. The van der Waals surface area contributed by atoms with E-state index in [4.69, 9.17) is 0 Å². The molecule has 2 amide bonds. The third-order valence-corrected chi connectivity index (χ3v) is 4.79. The topological polar surface area (TPSA) is 84.0 Å². The minimum Gasteiger partial charge on any atom is -0.358 e. The van der Waals surface area contributed by atoms with Gasteiger partial charge in [-0.1, -0.05) is 34.9 Å². The number of rotatable bonds is 6. The number of nitrogens with zero attached hydrogens (tertiary/aromatic N) is 2. The molecule has 0 bridgehead atoms. The van der Waals surface area contributed by atoms with E-state index in [-0.39, 0.29) is 11.8 Å². The van der Waals surface area contributed by atoms with Crippen molar-refractivity contribution in [1.82, 2.24) is 20.8 Å². The van der Waals surface area contributed by atoms with Crippen molar-refractivity contribution < 1.29 is 9.59 Å². The molecule has 0 radical (unpaired) electrons. The standard InChI is InChI=1S/C8H12N4O2S3/c1-9-5(13)3-15-7-11-12-8(17-7)16-4-6(14)10-2/h3-4H2,1-2H3,(H,9,13)(H,10,14). The van der Waals surface area contributed by atoms with Crippen LogP contribution in [0.5, 0.6) is 0 Å². The average Bonchev–Trinajstić information content (AvgIpc) is 2.80. The lowest BCUT2D eigenvalue weighted by atomic mass is 10.7. The molecular formula is C8H12N4O2S3. The molecule has 0 fully saturated rings. The predicted octanol–water partition coefficient (Wildman–Crippen LogP) is 0.214. The quantitative estimate of drug-likeness (QED) is 0.730. The molecule has 0 saturated carbocycles. The van der Waals surface area contributed by atoms with Crippen LogP contribution >= 0.6 is 34.9 Å². The number of hydrogen-bond donors (Lipinski definition) is 2. The first kappa shape index (κ1) is 14.3. The second-order valence-corrected chi connectivity index (χ2v) is 6.18. The third-order valence-electron chi connectivity index (χ3n) is 1.60. The van der Waals surface area contributed by atoms with Crippen LogP contribution in [-0.2, 0) is 9.59 Å². The van der Waals surface area contributed by atoms with E-state index in [1.807, 2.05) is 0 Å². The molecule has 1 aromatic rings. The highest BCUT2D eigenvalue weighted by atomic mass is 32.2. The molecule has 0 aliphatic rings. The van der Waals surface area contributed by atoms with E-state index in [0.717, 1.165) is 8.68 Å². The third kappa shape index (κ3) is 5.37. The number of aromatic nitrogens is 2. The summed E-state index contributed by atoms with van der Waals surface area (Å²) in [6.07, 6.45) is 0. The van der Waals surface area contributed by atoms with E-state index in [1.165, 1.54) is 34.9 Å². The van der Waals surface area contributed by atoms with Crippen LogP contribution in [0.2, 0.25) is 0 Å². The van der Waals surface area contributed by atoms with E-state index in [1.54, 1.807) is 14.1 Å². The largest absolute Gasteiger partial charge is 0.358 e. The first-order valence-electron chi connectivity index (χ1n) is 4.66. The fourth-order valence-electron chi connectivity index (χ4n) is 0.713. The van der Waals surface area contributed by atoms with Crippen LogP contribution < -0.4 is 10.6 Å². The van der Waals surface area contributed by atoms with Crippen LogP contribution in [0, 0.1) is 0 Å². The van der Waals surface area contributed by atoms with Crippen molar-refractivity contribution in [3.63, 3.8) is 0 Å². The highest BCUT2D eigenvalue weighted by molar-refractivity contribution is 8.03. The maximum atomic E-state index is 11.0. The van der Waals surface area contributed by atoms with Crippen molar-refractivity contribution in [2.24, 2.45) is 0 Å². The zero-order valence-corrected chi connectivity index (χ0v) is 11.8. The molecule has 1 rings (SSSR count). The fraction of sp³-hybridized carbons (Fsp3) is 0.500. The normalized spacial score (nSPS) is 10.0. The minimum atomic E-state index is -0.0511. The Balaban J connectivity index is 2.37. The highest BCUT2D eigenvalue weighted by Crippen LogP contribution is 2.28. The minimum absolute atomic E-state index is 0.0511. The molecule has 94 valence electrons. The summed E-state index contributed by atoms with van der Waals surface area (Å²) >= 11 is 4.05. The van der Waals surface area contributed by atoms with E-state index in [0.29, 0.717) is 11.5 Å². The first-order chi connectivity index (χ1) is 8.15. The molecule has 0 aliphatic carbocycles. The Kier molecular flexibility index (Phi) is 6.30. The molecule has 2 N–H and O–H groups in total. The van der Waals surface area contributed by atoms with Gasteiger partial charge in [-0.2, -0.15) is 0 Å². The Hall–Kier alpha value is -0.800. The van der Waals surface area contributed by atoms with Crippen molar-refractivity contribution in [2.45, 2.75) is 8.68 Å². The summed E-state index contributed by atoms with van der Waals surface area (Å²) in [5.74, 6) is 0.547. The molecule has 0 spiro atoms. The lowest BCUT2D eigenvalue weighted by molar-refractivity contribution is -0.118. The molecule has 0 aromatic carbocycles. The Labute approximate surface area is 111 Å². The summed E-state index contributed by atoms with van der Waals surface area (Å²) in [5.41, 5.74) is 0. The summed E-state index contributed by atoms with van der Waals surface area (Å²) in [5, 5.41) is 12.9. The van der Waals surface area contributed by atoms with Crippen LogP contribution in [0.25, 0.3) is 0 Å². The lowest BCUT2D eigenvalue weighted by Gasteiger charge is -1.95. The van der Waals surface area contributed by atoms with Gasteiger partial charge in [0.1, 0.15) is 0 Å². The van der Waals surface area contributed by atoms with Gasteiger partial charge in [0, 0.05) is 14.1 Å². The number of thioether (sulfide) groups is 2. The zero-order valence-electron chi connectivity index (χ0n) is 9.35. The monoisotopic (exact) mass is 292 g/mol. The molecule has 0 aliphatic heterocycles. The SMILES string of the molecule is CNC(=O)CSc1nnc(SCC(=O)NC)s1. The van der Waals surface area contributed by atoms with Crippen LogP contribution in [0.15, 0.2) is 8.68 Å². The van der Waals surface area contributed by atoms with Crippen LogP contribution in [0.4, 0.5) is 0 Å². The molecule has 0 atom stereocenters. The molecule has 1 heterocycles. The van der Waals surface area contributed by atoms with Gasteiger partial charge in [-0.25, -0.2) is 0 Å². The van der Waals surface area contributed by atoms with Gasteiger partial charge in [0.2, 0.25) is 11.8 Å². The molecule has 17 heavy (non-hydrogen) atoms. The molecule has 6 nitrogen and oxygen atoms in total. The van der Waals surface area contributed by atoms with E-state index < -0.39 is 0 Å². The van der Waals surface area contributed by atoms with Gasteiger partial charge in [-0.3, -0.25) is 9.59 Å². The van der Waals surface area contributed by atoms with E-state index in [2.05, 4.69) is 20.8 Å². The molecular weight excluding hydrogens is 280 g/mol. The highest BCUT2D eigenvalue weighted by Gasteiger charge is 2.08. The summed E-state index contributed by atoms with van der Waals surface area (Å²) < 4.78 is 1.46. The lowest BCUT2D eigenvalue weighted by Crippen LogP contribution is -2.19. The fourth-order valence-corrected chi connectivity index (χ4v) is 3.48. The molecule has 0 unspecified atom stereocenters. The van der Waals surface area contributed by atoms with E-state index >= 15 is 0 Å². The molecule has 9 heteroatoms. The van der Waals surface area contributed by atoms with Crippen LogP contribution in [0.3, 0.4) is 0 Å². The van der Waals surface area contributed by atoms with Gasteiger partial charge in [0.15, 0.2) is 8.68 Å². The van der Waals surface area contributed by atoms with Crippen molar-refractivity contribution in [3.8, 4) is 0 Å². The number of carbonyl (C=O) groups excluding carboxylic acids is 2. The first-order valence-corrected chi connectivity index (χ1v) is 7.44. The second kappa shape index (κ2) is 7.51. The number of carbonyl (C=O) groups is 2. The maximum Gasteiger partial charge on any atom is 0.230 e. The molecule has 1 aromatic heterocycles. The van der Waals surface area contributed by atoms with Gasteiger partial charge in [0.25, 0.3) is 0 Å². The van der Waals surface area contributed by atoms with Crippen LogP contribution in [0.1, 0.15) is 0 Å². The van der Waals surface area contributed by atoms with Gasteiger partial charge in [-0.05, 0) is 0 Å². The Morgan fingerprint density at radius 3 is 1.82 bits per heavy atom. The van der Waals surface area contributed by atoms with Gasteiger partial charge in [-0.15, -0.1) is 10.2 Å². The second-order valence-electron chi connectivity index (χ2n) is 2.76. The maximum absolute atomic E-state index is 11.0. The smallest absolute Gasteiger partial charge is 0.230 e. The van der Waals surface area contributed by atoms with Gasteiger partial charge < -0.3 is 10.6 Å². The van der Waals surface area contributed by atoms with Crippen molar-refractivity contribution in [2.75, 3.05) is 25.6 Å². The summed E-state index contributed by atoms with van der Waals surface area (Å²) in [4.78, 5) is 22.0. The average molecular weight is 292 g/mol. The zero-order chi connectivity index (χ0) is 12.7. The van der Waals surface area contributed by atoms with Crippen molar-refractivity contribution in [3.05, 3.63) is 0 Å². The summed E-state index contributed by atoms with van der Waals surface area (Å²) in [6.45, 7) is 0. The van der Waals surface area contributed by atoms with Crippen LogP contribution in [-0.4, -0.2) is 47.6 Å². The molecule has 0 saturated heterocycles. The number of nitrogens with one attached hydrogen (secondary N) is 2. The van der Waals surface area contributed by atoms with Gasteiger partial charge in [0.05, 0.1) is 11.5 Å². The van der Waals surface area contributed by atoms with Crippen molar-refractivity contribution >= 4 is 46.7 Å². The summed E-state index contributed by atoms with van der Waals surface area (Å²) in [6, 6.07) is 0.